The molecule has 1 N–H and O–H groups in total. The van der Waals surface area contributed by atoms with E-state index in [0.29, 0.717) is 30.6 Å². The van der Waals surface area contributed by atoms with E-state index >= 15 is 0 Å². The highest BCUT2D eigenvalue weighted by Crippen LogP contribution is 2.15. The number of benzene rings is 1. The molecule has 134 valence electrons. The summed E-state index contributed by atoms with van der Waals surface area (Å²) in [4.78, 5) is 19.0. The summed E-state index contributed by atoms with van der Waals surface area (Å²) < 4.78 is 5.25. The average Bonchev–Trinajstić information content (AvgIpc) is 3.12. The second kappa shape index (κ2) is 8.76. The lowest BCUT2D eigenvalue weighted by atomic mass is 10.0. The summed E-state index contributed by atoms with van der Waals surface area (Å²) >= 11 is 0. The monoisotopic (exact) mass is 342 g/mol. The van der Waals surface area contributed by atoms with Gasteiger partial charge in [-0.3, -0.25) is 4.79 Å². The van der Waals surface area contributed by atoms with Gasteiger partial charge >= 0.3 is 0 Å². The average molecular weight is 342 g/mol. The predicted molar refractivity (Wildman–Crippen MR) is 96.0 cm³/mol. The van der Waals surface area contributed by atoms with Crippen LogP contribution in [0.1, 0.15) is 38.5 Å². The molecule has 6 nitrogen and oxygen atoms in total. The third kappa shape index (κ3) is 5.13. The van der Waals surface area contributed by atoms with Crippen LogP contribution in [0.4, 0.5) is 0 Å². The number of amides is 1. The van der Waals surface area contributed by atoms with Crippen LogP contribution in [0.3, 0.4) is 0 Å². The van der Waals surface area contributed by atoms with Crippen LogP contribution in [0.25, 0.3) is 11.4 Å². The van der Waals surface area contributed by atoms with Crippen molar-refractivity contribution in [2.75, 3.05) is 19.6 Å². The van der Waals surface area contributed by atoms with Crippen LogP contribution in [-0.2, 0) is 11.2 Å². The van der Waals surface area contributed by atoms with E-state index in [9.17, 15) is 4.79 Å². The number of aryl methyl sites for hydroxylation is 1. The Labute approximate surface area is 148 Å². The van der Waals surface area contributed by atoms with Crippen molar-refractivity contribution in [2.24, 2.45) is 0 Å². The highest BCUT2D eigenvalue weighted by Gasteiger charge is 2.20. The maximum absolute atomic E-state index is 12.2. The normalized spacial score (nSPS) is 16.0. The Morgan fingerprint density at radius 1 is 1.28 bits per heavy atom. The van der Waals surface area contributed by atoms with Crippen molar-refractivity contribution in [1.82, 2.24) is 20.4 Å². The van der Waals surface area contributed by atoms with Crippen LogP contribution >= 0.6 is 0 Å². The number of piperidine rings is 1. The first-order chi connectivity index (χ1) is 12.2. The van der Waals surface area contributed by atoms with E-state index in [-0.39, 0.29) is 5.91 Å². The van der Waals surface area contributed by atoms with Gasteiger partial charge in [0.2, 0.25) is 17.6 Å². The Balaban J connectivity index is 1.42. The molecule has 0 spiro atoms. The number of aromatic nitrogens is 2. The van der Waals surface area contributed by atoms with Gasteiger partial charge in [0, 0.05) is 37.5 Å². The van der Waals surface area contributed by atoms with Crippen LogP contribution in [0.5, 0.6) is 0 Å². The highest BCUT2D eigenvalue weighted by molar-refractivity contribution is 5.76. The summed E-state index contributed by atoms with van der Waals surface area (Å²) in [7, 11) is 0. The predicted octanol–water partition coefficient (Wildman–Crippen LogP) is 2.66. The van der Waals surface area contributed by atoms with Gasteiger partial charge in [-0.1, -0.05) is 42.4 Å². The molecule has 2 aromatic rings. The molecule has 2 heterocycles. The molecule has 0 radical (unpaired) electrons. The van der Waals surface area contributed by atoms with Crippen LogP contribution in [0.15, 0.2) is 34.9 Å². The molecule has 1 aliphatic rings. The van der Waals surface area contributed by atoms with Gasteiger partial charge in [0.25, 0.3) is 0 Å². The maximum atomic E-state index is 12.2. The van der Waals surface area contributed by atoms with Gasteiger partial charge in [-0.2, -0.15) is 4.98 Å². The van der Waals surface area contributed by atoms with Crippen molar-refractivity contribution in [3.05, 3.63) is 36.2 Å². The second-order valence-electron chi connectivity index (χ2n) is 6.56. The minimum absolute atomic E-state index is 0.0633. The number of hydrogen-bond acceptors (Lipinski definition) is 5. The number of nitrogens with one attached hydrogen (secondary N) is 1. The van der Waals surface area contributed by atoms with Crippen LogP contribution in [-0.4, -0.2) is 46.6 Å². The first-order valence-corrected chi connectivity index (χ1v) is 9.14. The lowest BCUT2D eigenvalue weighted by molar-refractivity contribution is -0.122. The van der Waals surface area contributed by atoms with Crippen molar-refractivity contribution in [3.63, 3.8) is 0 Å². The molecule has 25 heavy (non-hydrogen) atoms. The Morgan fingerprint density at radius 3 is 2.76 bits per heavy atom. The SMILES string of the molecule is CCCN1CCC(NC(=O)CCc2nc(-c3ccccc3)no2)CC1. The number of nitrogens with zero attached hydrogens (tertiary/aromatic N) is 3. The van der Waals surface area contributed by atoms with Crippen molar-refractivity contribution < 1.29 is 9.32 Å². The van der Waals surface area contributed by atoms with E-state index in [1.165, 1.54) is 6.42 Å². The molecular formula is C19H26N4O2. The Morgan fingerprint density at radius 2 is 2.04 bits per heavy atom. The van der Waals surface area contributed by atoms with Crippen molar-refractivity contribution in [3.8, 4) is 11.4 Å². The summed E-state index contributed by atoms with van der Waals surface area (Å²) in [6.07, 6.45) is 4.10. The van der Waals surface area contributed by atoms with E-state index in [4.69, 9.17) is 4.52 Å². The van der Waals surface area contributed by atoms with Gasteiger partial charge in [0.05, 0.1) is 0 Å². The van der Waals surface area contributed by atoms with Crippen LogP contribution in [0, 0.1) is 0 Å². The van der Waals surface area contributed by atoms with E-state index in [0.717, 1.165) is 38.0 Å². The molecular weight excluding hydrogens is 316 g/mol. The topological polar surface area (TPSA) is 71.3 Å². The number of rotatable bonds is 7. The fourth-order valence-corrected chi connectivity index (χ4v) is 3.20. The Kier molecular flexibility index (Phi) is 6.17. The van der Waals surface area contributed by atoms with E-state index < -0.39 is 0 Å². The Hall–Kier alpha value is -2.21. The highest BCUT2D eigenvalue weighted by atomic mass is 16.5. The molecule has 1 aliphatic heterocycles. The van der Waals surface area contributed by atoms with Gasteiger partial charge in [-0.15, -0.1) is 0 Å². The number of hydrogen-bond donors (Lipinski definition) is 1. The largest absolute Gasteiger partial charge is 0.353 e. The molecule has 0 saturated carbocycles. The lowest BCUT2D eigenvalue weighted by Crippen LogP contribution is -2.44. The zero-order valence-electron chi connectivity index (χ0n) is 14.8. The summed E-state index contributed by atoms with van der Waals surface area (Å²) in [5.74, 6) is 1.14. The summed E-state index contributed by atoms with van der Waals surface area (Å²) in [5.41, 5.74) is 0.917. The zero-order valence-corrected chi connectivity index (χ0v) is 14.8. The maximum Gasteiger partial charge on any atom is 0.227 e. The first kappa shape index (κ1) is 17.6. The molecule has 6 heteroatoms. The van der Waals surface area contributed by atoms with E-state index in [2.05, 4.69) is 27.3 Å². The van der Waals surface area contributed by atoms with E-state index in [1.54, 1.807) is 0 Å². The number of carbonyl (C=O) groups is 1. The van der Waals surface area contributed by atoms with E-state index in [1.807, 2.05) is 30.3 Å². The van der Waals surface area contributed by atoms with Crippen molar-refractivity contribution >= 4 is 5.91 Å². The first-order valence-electron chi connectivity index (χ1n) is 9.14. The standard InChI is InChI=1S/C19H26N4O2/c1-2-12-23-13-10-16(11-14-23)20-17(24)8-9-18-21-19(22-25-18)15-6-4-3-5-7-15/h3-7,16H,2,8-14H2,1H3,(H,20,24). The van der Waals surface area contributed by atoms with Crippen LogP contribution < -0.4 is 5.32 Å². The molecule has 1 aromatic carbocycles. The molecule has 1 saturated heterocycles. The fraction of sp³-hybridized carbons (Fsp3) is 0.526. The second-order valence-corrected chi connectivity index (χ2v) is 6.56. The molecule has 0 aliphatic carbocycles. The van der Waals surface area contributed by atoms with Gasteiger partial charge in [0.1, 0.15) is 0 Å². The molecule has 0 unspecified atom stereocenters. The molecule has 1 fully saturated rings. The smallest absolute Gasteiger partial charge is 0.227 e. The van der Waals surface area contributed by atoms with Gasteiger partial charge < -0.3 is 14.7 Å². The molecule has 0 bridgehead atoms. The lowest BCUT2D eigenvalue weighted by Gasteiger charge is -2.32. The fourth-order valence-electron chi connectivity index (χ4n) is 3.20. The molecule has 1 aromatic heterocycles. The van der Waals surface area contributed by atoms with Gasteiger partial charge in [0.15, 0.2) is 0 Å². The quantitative estimate of drug-likeness (QED) is 0.837. The van der Waals surface area contributed by atoms with Gasteiger partial charge in [-0.25, -0.2) is 0 Å². The van der Waals surface area contributed by atoms with Crippen LogP contribution in [0.2, 0.25) is 0 Å². The third-order valence-corrected chi connectivity index (χ3v) is 4.56. The minimum atomic E-state index is 0.0633. The summed E-state index contributed by atoms with van der Waals surface area (Å²) in [6.45, 7) is 5.50. The third-order valence-electron chi connectivity index (χ3n) is 4.56. The Bertz CT molecular complexity index is 663. The minimum Gasteiger partial charge on any atom is -0.353 e. The van der Waals surface area contributed by atoms with Crippen molar-refractivity contribution in [2.45, 2.75) is 45.1 Å². The molecule has 1 amide bonds. The summed E-state index contributed by atoms with van der Waals surface area (Å²) in [6, 6.07) is 9.98. The molecule has 3 rings (SSSR count). The molecule has 0 atom stereocenters. The zero-order chi connectivity index (χ0) is 17.5. The number of likely N-dealkylation sites (tertiary alicyclic amines) is 1. The number of carbonyl (C=O) groups excluding carboxylic acids is 1. The van der Waals surface area contributed by atoms with Crippen molar-refractivity contribution in [1.29, 1.82) is 0 Å². The van der Waals surface area contributed by atoms with Gasteiger partial charge in [-0.05, 0) is 25.8 Å². The summed E-state index contributed by atoms with van der Waals surface area (Å²) in [5, 5.41) is 7.12.